The fraction of sp³-hybridized carbons (Fsp3) is 0.120. The third kappa shape index (κ3) is 6.37. The number of hydrogen-bond donors (Lipinski definition) is 1. The fourth-order valence-electron chi connectivity index (χ4n) is 2.93. The normalized spacial score (nSPS) is 12.0. The molecule has 0 spiro atoms. The molecule has 4 nitrogen and oxygen atoms in total. The van der Waals surface area contributed by atoms with Crippen LogP contribution in [-0.2, 0) is 11.4 Å². The van der Waals surface area contributed by atoms with Gasteiger partial charge in [0.15, 0.2) is 0 Å². The number of nitriles is 1. The van der Waals surface area contributed by atoms with Crippen molar-refractivity contribution in [1.82, 2.24) is 5.32 Å². The first-order chi connectivity index (χ1) is 15.4. The lowest BCUT2D eigenvalue weighted by Crippen LogP contribution is -2.27. The predicted molar refractivity (Wildman–Crippen MR) is 132 cm³/mol. The highest BCUT2D eigenvalue weighted by atomic mass is 79.9. The number of nitrogens with one attached hydrogen (secondary N) is 1. The second-order valence-electron chi connectivity index (χ2n) is 6.99. The van der Waals surface area contributed by atoms with Gasteiger partial charge in [0.2, 0.25) is 0 Å². The molecule has 0 aliphatic carbocycles. The minimum absolute atomic E-state index is 0.0151. The predicted octanol–water partition coefficient (Wildman–Crippen LogP) is 7.12. The van der Waals surface area contributed by atoms with Gasteiger partial charge in [0.05, 0.1) is 10.5 Å². The maximum atomic E-state index is 12.6. The molecule has 7 heteroatoms. The number of amides is 1. The molecule has 0 heterocycles. The molecule has 0 radical (unpaired) electrons. The molecule has 162 valence electrons. The van der Waals surface area contributed by atoms with Crippen molar-refractivity contribution in [1.29, 1.82) is 5.26 Å². The maximum absolute atomic E-state index is 12.6. The van der Waals surface area contributed by atoms with Gasteiger partial charge in [-0.05, 0) is 64.3 Å². The smallest absolute Gasteiger partial charge is 0.262 e. The number of ether oxygens (including phenoxy) is 1. The van der Waals surface area contributed by atoms with Crippen molar-refractivity contribution in [2.24, 2.45) is 0 Å². The largest absolute Gasteiger partial charge is 0.488 e. The van der Waals surface area contributed by atoms with E-state index in [4.69, 9.17) is 27.9 Å². The van der Waals surface area contributed by atoms with Gasteiger partial charge in [-0.15, -0.1) is 0 Å². The van der Waals surface area contributed by atoms with Gasteiger partial charge in [-0.1, -0.05) is 65.7 Å². The van der Waals surface area contributed by atoms with E-state index in [1.165, 1.54) is 6.08 Å². The Kier molecular flexibility index (Phi) is 8.35. The molecule has 0 aliphatic rings. The summed E-state index contributed by atoms with van der Waals surface area (Å²) >= 11 is 15.6. The van der Waals surface area contributed by atoms with E-state index in [2.05, 4.69) is 21.2 Å². The van der Waals surface area contributed by atoms with E-state index in [1.54, 1.807) is 30.3 Å². The van der Waals surface area contributed by atoms with Crippen molar-refractivity contribution in [2.45, 2.75) is 19.6 Å². The van der Waals surface area contributed by atoms with Crippen LogP contribution >= 0.6 is 39.1 Å². The molecule has 0 saturated carbocycles. The molecule has 0 aromatic heterocycles. The number of carbonyl (C=O) groups excluding carboxylic acids is 1. The molecule has 1 atom stereocenters. The van der Waals surface area contributed by atoms with Gasteiger partial charge >= 0.3 is 0 Å². The van der Waals surface area contributed by atoms with E-state index in [-0.39, 0.29) is 18.2 Å². The summed E-state index contributed by atoms with van der Waals surface area (Å²) in [5, 5.41) is 13.4. The summed E-state index contributed by atoms with van der Waals surface area (Å²) in [7, 11) is 0. The monoisotopic (exact) mass is 528 g/mol. The Morgan fingerprint density at radius 2 is 1.91 bits per heavy atom. The average molecular weight is 530 g/mol. The second kappa shape index (κ2) is 11.2. The van der Waals surface area contributed by atoms with Gasteiger partial charge < -0.3 is 10.1 Å². The molecular weight excluding hydrogens is 511 g/mol. The summed E-state index contributed by atoms with van der Waals surface area (Å²) in [4.78, 5) is 12.6. The molecule has 0 saturated heterocycles. The van der Waals surface area contributed by atoms with Crippen molar-refractivity contribution in [3.8, 4) is 11.8 Å². The molecule has 0 unspecified atom stereocenters. The summed E-state index contributed by atoms with van der Waals surface area (Å²) < 4.78 is 6.53. The van der Waals surface area contributed by atoms with Crippen LogP contribution in [0.1, 0.15) is 29.7 Å². The molecule has 3 aromatic rings. The van der Waals surface area contributed by atoms with Crippen LogP contribution in [0.2, 0.25) is 10.0 Å². The number of hydrogen-bond acceptors (Lipinski definition) is 3. The van der Waals surface area contributed by atoms with E-state index in [0.717, 1.165) is 11.1 Å². The van der Waals surface area contributed by atoms with E-state index in [0.29, 0.717) is 25.8 Å². The van der Waals surface area contributed by atoms with Gasteiger partial charge in [0.25, 0.3) is 5.91 Å². The third-order valence-electron chi connectivity index (χ3n) is 4.68. The molecule has 32 heavy (non-hydrogen) atoms. The van der Waals surface area contributed by atoms with Crippen molar-refractivity contribution >= 4 is 51.1 Å². The zero-order valence-corrected chi connectivity index (χ0v) is 20.2. The SMILES string of the molecule is C[C@H](NC(=O)/C(C#N)=C\c1ccc(OCc2ccc(Cl)cc2Cl)c(Br)c1)c1ccccc1. The molecule has 0 bridgehead atoms. The van der Waals surface area contributed by atoms with Crippen LogP contribution in [0.5, 0.6) is 5.75 Å². The lowest BCUT2D eigenvalue weighted by molar-refractivity contribution is -0.117. The number of halogens is 3. The van der Waals surface area contributed by atoms with Gasteiger partial charge in [0.1, 0.15) is 24.0 Å². The van der Waals surface area contributed by atoms with Crippen LogP contribution in [0.4, 0.5) is 0 Å². The third-order valence-corrected chi connectivity index (χ3v) is 5.88. The lowest BCUT2D eigenvalue weighted by Gasteiger charge is -2.14. The zero-order valence-electron chi connectivity index (χ0n) is 17.1. The Morgan fingerprint density at radius 1 is 1.16 bits per heavy atom. The van der Waals surface area contributed by atoms with Crippen LogP contribution in [0.15, 0.2) is 76.8 Å². The van der Waals surface area contributed by atoms with Crippen molar-refractivity contribution < 1.29 is 9.53 Å². The Balaban J connectivity index is 1.69. The Hall–Kier alpha value is -2.78. The van der Waals surface area contributed by atoms with Crippen molar-refractivity contribution in [2.75, 3.05) is 0 Å². The Bertz CT molecular complexity index is 1190. The van der Waals surface area contributed by atoms with Crippen LogP contribution in [0, 0.1) is 11.3 Å². The van der Waals surface area contributed by atoms with Crippen LogP contribution in [0.3, 0.4) is 0 Å². The summed E-state index contributed by atoms with van der Waals surface area (Å²) in [6.45, 7) is 2.14. The zero-order chi connectivity index (χ0) is 23.1. The Morgan fingerprint density at radius 3 is 2.56 bits per heavy atom. The standard InChI is InChI=1S/C25H19BrCl2N2O2/c1-16(18-5-3-2-4-6-18)30-25(31)20(14-29)11-17-7-10-24(22(26)12-17)32-15-19-8-9-21(27)13-23(19)28/h2-13,16H,15H2,1H3,(H,30,31)/b20-11-/t16-/m0/s1. The van der Waals surface area contributed by atoms with Crippen molar-refractivity contribution in [3.63, 3.8) is 0 Å². The van der Waals surface area contributed by atoms with Crippen LogP contribution < -0.4 is 10.1 Å². The summed E-state index contributed by atoms with van der Waals surface area (Å²) in [5.74, 6) is 0.173. The molecule has 1 N–H and O–H groups in total. The van der Waals surface area contributed by atoms with Gasteiger partial charge in [-0.25, -0.2) is 0 Å². The first kappa shape index (κ1) is 23.9. The Labute approximate surface area is 205 Å². The molecule has 3 aromatic carbocycles. The number of carbonyl (C=O) groups is 1. The summed E-state index contributed by atoms with van der Waals surface area (Å²) in [5.41, 5.74) is 2.47. The van der Waals surface area contributed by atoms with Crippen LogP contribution in [-0.4, -0.2) is 5.91 Å². The average Bonchev–Trinajstić information content (AvgIpc) is 2.78. The first-order valence-electron chi connectivity index (χ1n) is 9.71. The molecule has 0 fully saturated rings. The number of benzene rings is 3. The number of nitrogens with zero attached hydrogens (tertiary/aromatic N) is 1. The minimum Gasteiger partial charge on any atom is -0.488 e. The quantitative estimate of drug-likeness (QED) is 0.262. The molecule has 3 rings (SSSR count). The second-order valence-corrected chi connectivity index (χ2v) is 8.69. The highest BCUT2D eigenvalue weighted by Crippen LogP contribution is 2.29. The molecular formula is C25H19BrCl2N2O2. The van der Waals surface area contributed by atoms with Crippen molar-refractivity contribution in [3.05, 3.63) is 104 Å². The summed E-state index contributed by atoms with van der Waals surface area (Å²) in [6, 6.07) is 21.9. The summed E-state index contributed by atoms with van der Waals surface area (Å²) in [6.07, 6.45) is 1.54. The van der Waals surface area contributed by atoms with E-state index in [9.17, 15) is 10.1 Å². The van der Waals surface area contributed by atoms with E-state index >= 15 is 0 Å². The van der Waals surface area contributed by atoms with Gasteiger partial charge in [0, 0.05) is 15.6 Å². The fourth-order valence-corrected chi connectivity index (χ4v) is 3.91. The molecule has 0 aliphatic heterocycles. The minimum atomic E-state index is -0.433. The van der Waals surface area contributed by atoms with Gasteiger partial charge in [-0.2, -0.15) is 5.26 Å². The molecule has 1 amide bonds. The highest BCUT2D eigenvalue weighted by Gasteiger charge is 2.14. The van der Waals surface area contributed by atoms with E-state index in [1.807, 2.05) is 49.4 Å². The number of rotatable bonds is 7. The van der Waals surface area contributed by atoms with E-state index < -0.39 is 5.91 Å². The van der Waals surface area contributed by atoms with Gasteiger partial charge in [-0.3, -0.25) is 4.79 Å². The first-order valence-corrected chi connectivity index (χ1v) is 11.3. The topological polar surface area (TPSA) is 62.1 Å². The maximum Gasteiger partial charge on any atom is 0.262 e. The lowest BCUT2D eigenvalue weighted by atomic mass is 10.1. The highest BCUT2D eigenvalue weighted by molar-refractivity contribution is 9.10. The van der Waals surface area contributed by atoms with Crippen LogP contribution in [0.25, 0.3) is 6.08 Å².